The third kappa shape index (κ3) is 3.85. The van der Waals surface area contributed by atoms with Gasteiger partial charge in [-0.2, -0.15) is 0 Å². The molecule has 1 N–H and O–H groups in total. The van der Waals surface area contributed by atoms with Crippen molar-refractivity contribution < 1.29 is 14.7 Å². The molecule has 1 fully saturated rings. The van der Waals surface area contributed by atoms with Crippen LogP contribution in [-0.4, -0.2) is 51.1 Å². The van der Waals surface area contributed by atoms with Crippen molar-refractivity contribution in [2.45, 2.75) is 42.8 Å². The Kier molecular flexibility index (Phi) is 7.30. The molecule has 6 heteroatoms. The van der Waals surface area contributed by atoms with Crippen LogP contribution >= 0.6 is 23.5 Å². The summed E-state index contributed by atoms with van der Waals surface area (Å²) in [4.78, 5) is 26.0. The number of hydrogen-bond acceptors (Lipinski definition) is 5. The summed E-state index contributed by atoms with van der Waals surface area (Å²) >= 11 is 3.12. The molecule has 4 nitrogen and oxygen atoms in total. The highest BCUT2D eigenvalue weighted by atomic mass is 32.2. The molecule has 0 bridgehead atoms. The minimum absolute atomic E-state index is 0.0779. The van der Waals surface area contributed by atoms with Crippen LogP contribution in [0.15, 0.2) is 12.7 Å². The fraction of sp³-hybridized carbons (Fsp3) is 0.733. The van der Waals surface area contributed by atoms with Gasteiger partial charge in [0.2, 0.25) is 11.8 Å². The molecule has 1 aliphatic rings. The summed E-state index contributed by atoms with van der Waals surface area (Å²) in [6, 6.07) is 0. The number of imide groups is 1. The van der Waals surface area contributed by atoms with Gasteiger partial charge in [0, 0.05) is 13.0 Å². The summed E-state index contributed by atoms with van der Waals surface area (Å²) in [6.07, 6.45) is 7.44. The van der Waals surface area contributed by atoms with Crippen molar-refractivity contribution in [1.82, 2.24) is 4.90 Å². The molecule has 2 unspecified atom stereocenters. The van der Waals surface area contributed by atoms with Gasteiger partial charge in [-0.05, 0) is 31.8 Å². The smallest absolute Gasteiger partial charge is 0.235 e. The topological polar surface area (TPSA) is 57.6 Å². The Bertz CT molecular complexity index is 398. The van der Waals surface area contributed by atoms with E-state index in [2.05, 4.69) is 6.58 Å². The van der Waals surface area contributed by atoms with Crippen molar-refractivity contribution in [1.29, 1.82) is 0 Å². The average molecular weight is 332 g/mol. The molecule has 1 saturated heterocycles. The number of hydrogen-bond donors (Lipinski definition) is 1. The van der Waals surface area contributed by atoms with Gasteiger partial charge in [0.15, 0.2) is 0 Å². The quantitative estimate of drug-likeness (QED) is 0.574. The van der Waals surface area contributed by atoms with Gasteiger partial charge in [0.1, 0.15) is 0 Å². The Morgan fingerprint density at radius 2 is 2.19 bits per heavy atom. The first-order valence-electron chi connectivity index (χ1n) is 7.19. The Hall–Kier alpha value is -0.460. The lowest BCUT2D eigenvalue weighted by Gasteiger charge is -2.43. The fourth-order valence-corrected chi connectivity index (χ4v) is 5.15. The van der Waals surface area contributed by atoms with Crippen LogP contribution in [0.25, 0.3) is 0 Å². The predicted octanol–water partition coefficient (Wildman–Crippen LogP) is 2.52. The molecule has 120 valence electrons. The number of nitrogens with zero attached hydrogens (tertiary/aromatic N) is 1. The van der Waals surface area contributed by atoms with Gasteiger partial charge < -0.3 is 5.11 Å². The second kappa shape index (κ2) is 8.25. The van der Waals surface area contributed by atoms with E-state index in [0.717, 1.165) is 6.42 Å². The highest BCUT2D eigenvalue weighted by Gasteiger charge is 2.49. The van der Waals surface area contributed by atoms with Gasteiger partial charge in [0.25, 0.3) is 0 Å². The maximum atomic E-state index is 12.7. The third-order valence-corrected chi connectivity index (χ3v) is 6.89. The lowest BCUT2D eigenvalue weighted by molar-refractivity contribution is -0.157. The monoisotopic (exact) mass is 331 g/mol. The number of carbonyl (C=O) groups excluding carboxylic acids is 2. The van der Waals surface area contributed by atoms with Crippen LogP contribution in [0, 0.1) is 5.92 Å². The van der Waals surface area contributed by atoms with E-state index >= 15 is 0 Å². The van der Waals surface area contributed by atoms with Gasteiger partial charge in [-0.25, -0.2) is 0 Å². The van der Waals surface area contributed by atoms with Crippen LogP contribution < -0.4 is 0 Å². The van der Waals surface area contributed by atoms with Crippen molar-refractivity contribution in [3.8, 4) is 0 Å². The molecule has 1 aliphatic heterocycles. The minimum Gasteiger partial charge on any atom is -0.387 e. The van der Waals surface area contributed by atoms with Gasteiger partial charge in [-0.3, -0.25) is 14.5 Å². The molecule has 0 aliphatic carbocycles. The summed E-state index contributed by atoms with van der Waals surface area (Å²) < 4.78 is -0.0779. The Labute approximate surface area is 135 Å². The first kappa shape index (κ1) is 18.6. The zero-order valence-corrected chi connectivity index (χ0v) is 14.6. The molecule has 0 saturated carbocycles. The second-order valence-corrected chi connectivity index (χ2v) is 7.40. The molecule has 2 amide bonds. The first-order valence-corrected chi connectivity index (χ1v) is 9.76. The van der Waals surface area contributed by atoms with Crippen LogP contribution in [-0.2, 0) is 9.59 Å². The summed E-state index contributed by atoms with van der Waals surface area (Å²) in [5, 5.41) is 11.1. The van der Waals surface area contributed by atoms with Crippen LogP contribution in [0.5, 0.6) is 0 Å². The zero-order valence-electron chi connectivity index (χ0n) is 13.0. The van der Waals surface area contributed by atoms with E-state index in [0.29, 0.717) is 19.4 Å². The largest absolute Gasteiger partial charge is 0.387 e. The number of rotatable bonds is 7. The van der Waals surface area contributed by atoms with Crippen LogP contribution in [0.1, 0.15) is 32.6 Å². The van der Waals surface area contributed by atoms with E-state index < -0.39 is 11.5 Å². The highest BCUT2D eigenvalue weighted by Crippen LogP contribution is 2.42. The summed E-state index contributed by atoms with van der Waals surface area (Å²) in [6.45, 7) is 5.89. The molecule has 0 aromatic heterocycles. The van der Waals surface area contributed by atoms with Crippen molar-refractivity contribution in [3.63, 3.8) is 0 Å². The molecule has 1 rings (SSSR count). The lowest BCUT2D eigenvalue weighted by Crippen LogP contribution is -2.56. The van der Waals surface area contributed by atoms with Gasteiger partial charge in [-0.15, -0.1) is 30.1 Å². The number of piperidine rings is 1. The van der Waals surface area contributed by atoms with Crippen molar-refractivity contribution in [2.75, 3.05) is 19.1 Å². The summed E-state index contributed by atoms with van der Waals surface area (Å²) in [7, 11) is 0. The van der Waals surface area contributed by atoms with E-state index in [1.54, 1.807) is 23.5 Å². The van der Waals surface area contributed by atoms with Gasteiger partial charge in [0.05, 0.1) is 16.1 Å². The number of carbonyl (C=O) groups is 2. The molecule has 1 heterocycles. The number of amides is 2. The van der Waals surface area contributed by atoms with E-state index in [4.69, 9.17) is 0 Å². The minimum atomic E-state index is -1.08. The normalized spacial score (nSPS) is 22.2. The lowest BCUT2D eigenvalue weighted by atomic mass is 9.80. The van der Waals surface area contributed by atoms with Crippen molar-refractivity contribution in [2.24, 2.45) is 5.92 Å². The van der Waals surface area contributed by atoms with Crippen LogP contribution in [0.4, 0.5) is 0 Å². The first-order chi connectivity index (χ1) is 9.96. The van der Waals surface area contributed by atoms with E-state index in [9.17, 15) is 14.7 Å². The molecule has 0 aromatic carbocycles. The van der Waals surface area contributed by atoms with Crippen molar-refractivity contribution >= 4 is 35.3 Å². The number of thioether (sulfide) groups is 2. The van der Waals surface area contributed by atoms with E-state index in [1.807, 2.05) is 19.4 Å². The Morgan fingerprint density at radius 3 is 2.67 bits per heavy atom. The number of aliphatic hydroxyl groups is 1. The van der Waals surface area contributed by atoms with Crippen LogP contribution in [0.3, 0.4) is 0 Å². The van der Waals surface area contributed by atoms with Crippen molar-refractivity contribution in [3.05, 3.63) is 12.7 Å². The maximum Gasteiger partial charge on any atom is 0.235 e. The molecule has 0 radical (unpaired) electrons. The van der Waals surface area contributed by atoms with Gasteiger partial charge >= 0.3 is 0 Å². The molecule has 0 spiro atoms. The number of likely N-dealkylation sites (tertiary alicyclic amines) is 1. The zero-order chi connectivity index (χ0) is 16.0. The second-order valence-electron chi connectivity index (χ2n) is 5.22. The van der Waals surface area contributed by atoms with Crippen LogP contribution in [0.2, 0.25) is 0 Å². The standard InChI is InChI=1S/C15H25NO3S2/c1-5-8-12(17)16-10-7-9-11(13(16)18)15(19,6-2)14(20-3)21-4/h5,11,14,19H,1,6-10H2,2-4H3. The SMILES string of the molecule is C=CCC(=O)N1CCCC(C(O)(CC)C(SC)SC)C1=O. The molecule has 2 atom stereocenters. The summed E-state index contributed by atoms with van der Waals surface area (Å²) in [5.74, 6) is -0.955. The molecule has 0 aromatic rings. The third-order valence-electron chi connectivity index (χ3n) is 4.06. The summed E-state index contributed by atoms with van der Waals surface area (Å²) in [5.41, 5.74) is -1.08. The van der Waals surface area contributed by atoms with E-state index in [-0.39, 0.29) is 22.8 Å². The molecule has 21 heavy (non-hydrogen) atoms. The average Bonchev–Trinajstić information content (AvgIpc) is 2.48. The van der Waals surface area contributed by atoms with E-state index in [1.165, 1.54) is 11.0 Å². The van der Waals surface area contributed by atoms with Gasteiger partial charge in [-0.1, -0.05) is 13.0 Å². The molecular weight excluding hydrogens is 306 g/mol. The fourth-order valence-electron chi connectivity index (χ4n) is 2.90. The Morgan fingerprint density at radius 1 is 1.57 bits per heavy atom. The molecular formula is C15H25NO3S2. The Balaban J connectivity index is 3.01. The highest BCUT2D eigenvalue weighted by molar-refractivity contribution is 8.16. The predicted molar refractivity (Wildman–Crippen MR) is 90.3 cm³/mol. The maximum absolute atomic E-state index is 12.7.